The Labute approximate surface area is 134 Å². The molecule has 0 atom stereocenters. The van der Waals surface area contributed by atoms with Gasteiger partial charge < -0.3 is 9.09 Å². The van der Waals surface area contributed by atoms with E-state index in [1.165, 1.54) is 0 Å². The first-order valence-electron chi connectivity index (χ1n) is 7.05. The molecular formula is C16H12F3N3O2. The standard InChI is InChI=1S/C16H12F3N3O2/c17-16(18,19)12-6-7-15(23)22(9-12)10-14-20-13(21-24-14)8-11-4-2-1-3-5-11/h1-7,9H,8,10H2. The van der Waals surface area contributed by atoms with Gasteiger partial charge in [-0.25, -0.2) is 0 Å². The summed E-state index contributed by atoms with van der Waals surface area (Å²) in [5.74, 6) is 0.471. The van der Waals surface area contributed by atoms with Crippen LogP contribution in [0.1, 0.15) is 22.8 Å². The average Bonchev–Trinajstić information content (AvgIpc) is 2.96. The zero-order chi connectivity index (χ0) is 17.2. The molecule has 0 radical (unpaired) electrons. The normalized spacial score (nSPS) is 11.6. The van der Waals surface area contributed by atoms with E-state index >= 15 is 0 Å². The predicted octanol–water partition coefficient (Wildman–Crippen LogP) is 2.89. The average molecular weight is 335 g/mol. The Hall–Kier alpha value is -2.90. The lowest BCUT2D eigenvalue weighted by Gasteiger charge is -2.08. The molecule has 0 spiro atoms. The minimum atomic E-state index is -4.53. The number of benzene rings is 1. The maximum absolute atomic E-state index is 12.7. The van der Waals surface area contributed by atoms with Crippen molar-refractivity contribution in [3.05, 3.63) is 81.9 Å². The molecule has 3 rings (SSSR count). The molecule has 0 saturated carbocycles. The fourth-order valence-corrected chi connectivity index (χ4v) is 2.17. The summed E-state index contributed by atoms with van der Waals surface area (Å²) in [6.07, 6.45) is -3.35. The lowest BCUT2D eigenvalue weighted by Crippen LogP contribution is -2.22. The van der Waals surface area contributed by atoms with Crippen LogP contribution in [0.4, 0.5) is 13.2 Å². The van der Waals surface area contributed by atoms with Crippen LogP contribution in [0, 0.1) is 0 Å². The van der Waals surface area contributed by atoms with Gasteiger partial charge in [-0.1, -0.05) is 35.5 Å². The molecule has 0 aliphatic rings. The van der Waals surface area contributed by atoms with Crippen molar-refractivity contribution in [2.45, 2.75) is 19.1 Å². The number of hydrogen-bond acceptors (Lipinski definition) is 4. The Morgan fingerprint density at radius 1 is 1.08 bits per heavy atom. The van der Waals surface area contributed by atoms with Crippen LogP contribution in [0.2, 0.25) is 0 Å². The number of nitrogens with zero attached hydrogens (tertiary/aromatic N) is 3. The zero-order valence-corrected chi connectivity index (χ0v) is 12.3. The third kappa shape index (κ3) is 3.70. The molecule has 2 aromatic heterocycles. The molecule has 2 heterocycles. The fraction of sp³-hybridized carbons (Fsp3) is 0.188. The summed E-state index contributed by atoms with van der Waals surface area (Å²) in [6, 6.07) is 11.0. The topological polar surface area (TPSA) is 60.9 Å². The molecular weight excluding hydrogens is 323 g/mol. The van der Waals surface area contributed by atoms with Gasteiger partial charge in [-0.3, -0.25) is 4.79 Å². The number of pyridine rings is 1. The van der Waals surface area contributed by atoms with E-state index in [1.54, 1.807) is 0 Å². The third-order valence-electron chi connectivity index (χ3n) is 3.33. The van der Waals surface area contributed by atoms with Gasteiger partial charge in [0, 0.05) is 18.7 Å². The first kappa shape index (κ1) is 16.0. The van der Waals surface area contributed by atoms with Crippen LogP contribution in [0.25, 0.3) is 0 Å². The van der Waals surface area contributed by atoms with E-state index in [9.17, 15) is 18.0 Å². The van der Waals surface area contributed by atoms with Gasteiger partial charge in [0.15, 0.2) is 5.82 Å². The van der Waals surface area contributed by atoms with Gasteiger partial charge >= 0.3 is 6.18 Å². The second-order valence-electron chi connectivity index (χ2n) is 5.15. The molecule has 0 amide bonds. The van der Waals surface area contributed by atoms with Gasteiger partial charge in [0.1, 0.15) is 6.54 Å². The molecule has 24 heavy (non-hydrogen) atoms. The predicted molar refractivity (Wildman–Crippen MR) is 78.4 cm³/mol. The van der Waals surface area contributed by atoms with Crippen molar-refractivity contribution in [3.8, 4) is 0 Å². The maximum atomic E-state index is 12.7. The van der Waals surface area contributed by atoms with Crippen LogP contribution < -0.4 is 5.56 Å². The Balaban J connectivity index is 1.79. The van der Waals surface area contributed by atoms with Crippen LogP contribution >= 0.6 is 0 Å². The van der Waals surface area contributed by atoms with Gasteiger partial charge in [-0.15, -0.1) is 0 Å². The highest BCUT2D eigenvalue weighted by Crippen LogP contribution is 2.28. The van der Waals surface area contributed by atoms with E-state index in [0.717, 1.165) is 28.5 Å². The molecule has 0 bridgehead atoms. The lowest BCUT2D eigenvalue weighted by molar-refractivity contribution is -0.138. The smallest absolute Gasteiger partial charge is 0.337 e. The molecule has 124 valence electrons. The van der Waals surface area contributed by atoms with Crippen molar-refractivity contribution < 1.29 is 17.7 Å². The Kier molecular flexibility index (Phi) is 4.20. The molecule has 0 aliphatic carbocycles. The van der Waals surface area contributed by atoms with E-state index < -0.39 is 17.3 Å². The van der Waals surface area contributed by atoms with Crippen LogP contribution in [0.3, 0.4) is 0 Å². The molecule has 5 nitrogen and oxygen atoms in total. The lowest BCUT2D eigenvalue weighted by atomic mass is 10.1. The number of alkyl halides is 3. The number of aromatic nitrogens is 3. The Bertz CT molecular complexity index is 885. The van der Waals surface area contributed by atoms with Crippen molar-refractivity contribution in [2.24, 2.45) is 0 Å². The van der Waals surface area contributed by atoms with Crippen molar-refractivity contribution in [3.63, 3.8) is 0 Å². The fourth-order valence-electron chi connectivity index (χ4n) is 2.17. The first-order valence-corrected chi connectivity index (χ1v) is 7.05. The highest BCUT2D eigenvalue weighted by Gasteiger charge is 2.31. The van der Waals surface area contributed by atoms with Crippen molar-refractivity contribution >= 4 is 0 Å². The van der Waals surface area contributed by atoms with Crippen LogP contribution in [-0.4, -0.2) is 14.7 Å². The van der Waals surface area contributed by atoms with Crippen LogP contribution in [0.5, 0.6) is 0 Å². The molecule has 0 N–H and O–H groups in total. The van der Waals surface area contributed by atoms with Crippen molar-refractivity contribution in [2.75, 3.05) is 0 Å². The van der Waals surface area contributed by atoms with Gasteiger partial charge in [0.05, 0.1) is 5.56 Å². The highest BCUT2D eigenvalue weighted by molar-refractivity contribution is 5.18. The summed E-state index contributed by atoms with van der Waals surface area (Å²) in [5.41, 5.74) is -0.516. The van der Waals surface area contributed by atoms with Gasteiger partial charge in [-0.05, 0) is 11.6 Å². The largest absolute Gasteiger partial charge is 0.417 e. The molecule has 0 aliphatic heterocycles. The highest BCUT2D eigenvalue weighted by atomic mass is 19.4. The van der Waals surface area contributed by atoms with Crippen molar-refractivity contribution in [1.29, 1.82) is 0 Å². The number of halogens is 3. The zero-order valence-electron chi connectivity index (χ0n) is 12.3. The second kappa shape index (κ2) is 6.31. The molecule has 1 aromatic carbocycles. The van der Waals surface area contributed by atoms with Crippen LogP contribution in [-0.2, 0) is 19.1 Å². The van der Waals surface area contributed by atoms with E-state index in [0.29, 0.717) is 12.2 Å². The molecule has 0 unspecified atom stereocenters. The van der Waals surface area contributed by atoms with E-state index in [1.807, 2.05) is 30.3 Å². The summed E-state index contributed by atoms with van der Waals surface area (Å²) in [5, 5.41) is 3.78. The summed E-state index contributed by atoms with van der Waals surface area (Å²) >= 11 is 0. The second-order valence-corrected chi connectivity index (χ2v) is 5.15. The SMILES string of the molecule is O=c1ccc(C(F)(F)F)cn1Cc1nc(Cc2ccccc2)no1. The minimum absolute atomic E-state index is 0.0716. The minimum Gasteiger partial charge on any atom is -0.337 e. The van der Waals surface area contributed by atoms with E-state index in [4.69, 9.17) is 4.52 Å². The molecule has 0 fully saturated rings. The summed E-state index contributed by atoms with van der Waals surface area (Å²) in [6.45, 7) is -0.218. The monoisotopic (exact) mass is 335 g/mol. The van der Waals surface area contributed by atoms with Crippen LogP contribution in [0.15, 0.2) is 58.0 Å². The quantitative estimate of drug-likeness (QED) is 0.735. The Morgan fingerprint density at radius 3 is 2.54 bits per heavy atom. The molecule has 0 saturated heterocycles. The number of rotatable bonds is 4. The first-order chi connectivity index (χ1) is 11.4. The molecule has 8 heteroatoms. The maximum Gasteiger partial charge on any atom is 0.417 e. The van der Waals surface area contributed by atoms with Gasteiger partial charge in [-0.2, -0.15) is 18.2 Å². The van der Waals surface area contributed by atoms with Gasteiger partial charge in [0.25, 0.3) is 5.56 Å². The summed E-state index contributed by atoms with van der Waals surface area (Å²) in [7, 11) is 0. The third-order valence-corrected chi connectivity index (χ3v) is 3.33. The van der Waals surface area contributed by atoms with Crippen molar-refractivity contribution in [1.82, 2.24) is 14.7 Å². The van der Waals surface area contributed by atoms with E-state index in [2.05, 4.69) is 10.1 Å². The Morgan fingerprint density at radius 2 is 1.83 bits per heavy atom. The molecule has 3 aromatic rings. The summed E-state index contributed by atoms with van der Waals surface area (Å²) in [4.78, 5) is 15.8. The van der Waals surface area contributed by atoms with Gasteiger partial charge in [0.2, 0.25) is 5.89 Å². The van der Waals surface area contributed by atoms with E-state index in [-0.39, 0.29) is 12.4 Å². The number of hydrogen-bond donors (Lipinski definition) is 0. The summed E-state index contributed by atoms with van der Waals surface area (Å²) < 4.78 is 44.1.